The van der Waals surface area contributed by atoms with Gasteiger partial charge in [0.25, 0.3) is 0 Å². The van der Waals surface area contributed by atoms with Crippen LogP contribution in [0.4, 0.5) is 22.0 Å². The second-order valence-electron chi connectivity index (χ2n) is 10.7. The molecular formula is C49H71AlBBr4F5LiO8P. The summed E-state index contributed by atoms with van der Waals surface area (Å²) in [5.74, 6) is -9.07. The normalized spacial score (nSPS) is 16.0. The molecule has 0 spiro atoms. The number of carboxylic acid groups (broad SMARTS) is 2. The molecule has 2 saturated heterocycles. The van der Waals surface area contributed by atoms with Gasteiger partial charge in [-0.05, 0) is 177 Å². The Hall–Kier alpha value is -1.93. The first-order valence-corrected chi connectivity index (χ1v) is 26.4. The molecule has 0 radical (unpaired) electrons. The number of aliphatic hydroxyl groups excluding tert-OH is 1. The van der Waals surface area contributed by atoms with Gasteiger partial charge in [-0.3, -0.25) is 4.79 Å². The zero-order chi connectivity index (χ0) is 72.7. The zero-order valence-corrected chi connectivity index (χ0v) is 42.8. The summed E-state index contributed by atoms with van der Waals surface area (Å²) in [7, 11) is -1.42. The van der Waals surface area contributed by atoms with Crippen molar-refractivity contribution < 1.29 is 113 Å². The van der Waals surface area contributed by atoms with Crippen molar-refractivity contribution >= 4 is 104 Å². The molecule has 2 heterocycles. The van der Waals surface area contributed by atoms with Crippen molar-refractivity contribution in [2.75, 3.05) is 33.0 Å². The number of rotatable bonds is 7. The molecule has 2 aliphatic rings. The summed E-state index contributed by atoms with van der Waals surface area (Å²) in [6, 6.07) is -14.1. The van der Waals surface area contributed by atoms with E-state index in [1.165, 1.54) is 25.7 Å². The summed E-state index contributed by atoms with van der Waals surface area (Å²) in [5.41, 5.74) is -1.47. The van der Waals surface area contributed by atoms with Gasteiger partial charge in [-0.15, -0.1) is 0 Å². The van der Waals surface area contributed by atoms with Gasteiger partial charge in [0, 0.05) is 39.7 Å². The average Bonchev–Trinajstić information content (AvgIpc) is 1.04. The Morgan fingerprint density at radius 3 is 1.16 bits per heavy atom. The Labute approximate surface area is 508 Å². The van der Waals surface area contributed by atoms with Crippen LogP contribution in [0.15, 0.2) is 121 Å². The quantitative estimate of drug-likeness (QED) is 0.0548. The summed E-state index contributed by atoms with van der Waals surface area (Å²) < 4.78 is 256. The van der Waals surface area contributed by atoms with Crippen molar-refractivity contribution in [1.82, 2.24) is 0 Å². The molecular weight excluding hydrogens is 1210 g/mol. The molecule has 7 rings (SSSR count). The zero-order valence-electron chi connectivity index (χ0n) is 62.5. The Kier molecular flexibility index (Phi) is 32.5. The molecule has 0 aliphatic carbocycles. The molecule has 390 valence electrons. The van der Waals surface area contributed by atoms with Gasteiger partial charge >= 0.3 is 30.8 Å². The van der Waals surface area contributed by atoms with Crippen LogP contribution in [0, 0.1) is 29.1 Å². The molecule has 70 heavy (non-hydrogen) atoms. The first kappa shape index (κ1) is 40.4. The number of carbonyl (C=O) groups is 2. The molecule has 5 aromatic carbocycles. The number of carboxylic acids is 2. The fourth-order valence-corrected chi connectivity index (χ4v) is 3.55. The monoisotopic (exact) mass is 1300 g/mol. The van der Waals surface area contributed by atoms with Crippen molar-refractivity contribution in [2.45, 2.75) is 79.1 Å². The molecule has 0 amide bonds. The van der Waals surface area contributed by atoms with E-state index < -0.39 is 190 Å². The molecule has 2 aliphatic heterocycles. The maximum atomic E-state index is 13.1. The van der Waals surface area contributed by atoms with E-state index in [-0.39, 0.29) is 96.2 Å². The van der Waals surface area contributed by atoms with E-state index in [0.29, 0.717) is 6.90 Å². The maximum absolute atomic E-state index is 13.1. The Balaban J connectivity index is -0.000000156. The van der Waals surface area contributed by atoms with Crippen LogP contribution >= 0.6 is 66.4 Å². The Bertz CT molecular complexity index is 2990. The predicted molar refractivity (Wildman–Crippen MR) is 299 cm³/mol. The molecule has 0 bridgehead atoms. The van der Waals surface area contributed by atoms with Gasteiger partial charge in [0.2, 0.25) is 0 Å². The van der Waals surface area contributed by atoms with E-state index >= 15 is 0 Å². The van der Waals surface area contributed by atoms with Crippen molar-refractivity contribution in [1.29, 1.82) is 4.01 Å². The van der Waals surface area contributed by atoms with Crippen LogP contribution in [0.25, 0.3) is 0 Å². The number of hydrogen-bond acceptors (Lipinski definition) is 6. The fourth-order valence-electron chi connectivity index (χ4n) is 3.27. The minimum atomic E-state index is -2.66. The van der Waals surface area contributed by atoms with E-state index in [2.05, 4.69) is 62.4 Å². The number of aromatic carboxylic acids is 1. The summed E-state index contributed by atoms with van der Waals surface area (Å²) in [5, 5.41) is 34.9. The number of aliphatic carboxylic acids is 1. The number of halogens is 9. The Morgan fingerprint density at radius 2 is 0.929 bits per heavy atom. The van der Waals surface area contributed by atoms with E-state index in [4.69, 9.17) is 65.4 Å². The van der Waals surface area contributed by atoms with Crippen molar-refractivity contribution in [3.8, 4) is 0 Å². The Morgan fingerprint density at radius 1 is 0.657 bits per heavy atom. The van der Waals surface area contributed by atoms with E-state index in [0.717, 1.165) is 26.4 Å². The van der Waals surface area contributed by atoms with E-state index in [1.54, 1.807) is 6.92 Å². The molecule has 8 nitrogen and oxygen atoms in total. The molecule has 5 aromatic rings. The van der Waals surface area contributed by atoms with Gasteiger partial charge in [-0.1, -0.05) is 92.9 Å². The molecule has 21 heteroatoms. The first-order valence-electron chi connectivity index (χ1n) is 31.3. The number of ether oxygens (including phenoxy) is 2. The molecule has 0 unspecified atom stereocenters. The van der Waals surface area contributed by atoms with Crippen molar-refractivity contribution in [2.24, 2.45) is 0 Å². The fraction of sp³-hybridized carbons (Fsp3) is 0.347. The van der Waals surface area contributed by atoms with Crippen LogP contribution in [-0.4, -0.2) is 95.0 Å². The standard InChI is InChI=1S/C8H7FO2.C8H9FO.C7H6BrF.C7H5FO2.C7H7FO.2C4H8O.C2H6.2CH4.Al.BH3.Br3P.Li.4H/c9-7-3-1-6(2-4-7)5-8(10)11;9-8-3-1-7(2-4-8)5-6-10;8-5-6-1-3-7(9)4-2-6;8-6-3-1-5(2-4-6)7(9)10;8-7-3-1-6(5-9)2-4-7;2*1-2-4-5-3-1;1-2;;;;;1-4(2)3;;;;;/h1-4H,5H2,(H,10,11);1-4,10H,5-6H2;1-4H,5H2;1-4H,(H,9,10);1-4,9H,5H2;2*1-4H2;1-2H3;2*1H4;;1H3;;;;;;/q;;;;;;;;;;;;;+1;;;;-1/i1D,2D,3D,4D;1D,2D,3D,4D,6D2;3*1D,2D,3D,4D;;;1D;;;;1D3;;;;;;. The van der Waals surface area contributed by atoms with E-state index in [9.17, 15) is 31.5 Å². The smallest absolute Gasteiger partial charge is 1.00 e. The summed E-state index contributed by atoms with van der Waals surface area (Å²) in [4.78, 5) is 20.9. The van der Waals surface area contributed by atoms with Gasteiger partial charge in [0.15, 0.2) is 17.4 Å². The molecule has 0 aromatic heterocycles. The number of alkyl halides is 1. The van der Waals surface area contributed by atoms with Gasteiger partial charge in [0.05, 0.1) is 57.1 Å². The first-order chi connectivity index (χ1) is 42.3. The summed E-state index contributed by atoms with van der Waals surface area (Å²) in [6.07, 6.45) is 3.73. The molecule has 0 atom stereocenters. The van der Waals surface area contributed by atoms with Gasteiger partial charge < -0.3 is 31.3 Å². The van der Waals surface area contributed by atoms with Crippen molar-refractivity contribution in [3.63, 3.8) is 0 Å². The van der Waals surface area contributed by atoms with Crippen LogP contribution in [0.3, 0.4) is 0 Å². The topological polar surface area (TPSA) is 134 Å². The van der Waals surface area contributed by atoms with Gasteiger partial charge in [0.1, 0.15) is 33.1 Å². The second kappa shape index (κ2) is 56.4. The van der Waals surface area contributed by atoms with Crippen LogP contribution in [0.5, 0.6) is 0 Å². The van der Waals surface area contributed by atoms with Gasteiger partial charge in [-0.2, -0.15) is 0 Å². The third-order valence-corrected chi connectivity index (χ3v) is 6.48. The largest absolute Gasteiger partial charge is 1.00 e. The van der Waals surface area contributed by atoms with Crippen LogP contribution in [-0.2, 0) is 39.0 Å². The number of benzene rings is 5. The van der Waals surface area contributed by atoms with E-state index in [1.807, 2.05) is 0 Å². The molecule has 0 saturated carbocycles. The summed E-state index contributed by atoms with van der Waals surface area (Å²) in [6.45, 7) is 3.00. The minimum absolute atomic E-state index is 0. The molecule has 4 N–H and O–H groups in total. The average molecular weight is 1300 g/mol. The maximum Gasteiger partial charge on any atom is 1.00 e. The summed E-state index contributed by atoms with van der Waals surface area (Å²) >= 11 is 12.5. The molecule has 2 fully saturated rings. The third-order valence-electron chi connectivity index (χ3n) is 5.92. The SMILES string of the molecule is BrP(Br)Br.C.C.C1CCOC1.C1CCOC1.[2H]B([2H])[2H].[2H]CC.[2H]c1c([2H])c(C(=O)O)c([2H])c([2H])c1F.[2H]c1c([2H])c(CBr)c([2H])c([2H])c1F.[2H]c1c([2H])c(CC(=O)O)c([2H])c([2H])c1F.[2H]c1c([2H])c(CC([2H])([2H])O)c([2H])c([2H])c1F.[2H]c1c([2H])c(CO)c([2H])c([2H])c1F.[AlH3].[H-].[Li+]. The van der Waals surface area contributed by atoms with Crippen LogP contribution in [0.2, 0.25) is 0 Å². The number of hydrogen-bond donors (Lipinski definition) is 4. The van der Waals surface area contributed by atoms with Gasteiger partial charge in [-0.25, -0.2) is 26.7 Å². The third kappa shape index (κ3) is 52.4. The number of aliphatic hydroxyl groups is 2. The minimum Gasteiger partial charge on any atom is -1.00 e. The predicted octanol–water partition coefficient (Wildman–Crippen LogP) is 10.4. The van der Waals surface area contributed by atoms with Crippen LogP contribution < -0.4 is 18.9 Å². The second-order valence-corrected chi connectivity index (χ2v) is 26.6. The van der Waals surface area contributed by atoms with Crippen LogP contribution in [0.1, 0.15) is 120 Å². The van der Waals surface area contributed by atoms with Crippen molar-refractivity contribution in [3.05, 3.63) is 178 Å².